The smallest absolute Gasteiger partial charge is 0.401 e. The predicted octanol–water partition coefficient (Wildman–Crippen LogP) is 3.39. The highest BCUT2D eigenvalue weighted by molar-refractivity contribution is 9.08. The highest BCUT2D eigenvalue weighted by Gasteiger charge is 2.34. The van der Waals surface area contributed by atoms with Crippen molar-refractivity contribution in [3.63, 3.8) is 0 Å². The molecule has 0 saturated carbocycles. The summed E-state index contributed by atoms with van der Waals surface area (Å²) in [6.07, 6.45) is -7.26. The summed E-state index contributed by atoms with van der Waals surface area (Å²) < 4.78 is 64.8. The zero-order valence-electron chi connectivity index (χ0n) is 8.06. The van der Waals surface area contributed by atoms with Gasteiger partial charge in [-0.3, -0.25) is 0 Å². The maximum atomic E-state index is 12.5. The number of rotatable bonds is 3. The van der Waals surface area contributed by atoms with Crippen molar-refractivity contribution in [1.29, 1.82) is 0 Å². The molecule has 1 aromatic rings. The second-order valence-corrected chi connectivity index (χ2v) is 3.45. The first-order valence-electron chi connectivity index (χ1n) is 4.13. The second-order valence-electron chi connectivity index (χ2n) is 2.89. The standard InChI is InChI=1S/C8H6BrF5N2O/c9-1-3-4(6(10)11)2-16-7(15)5(3)17-8(12,13)14/h2,6H,1H2,(H2,15,16). The fourth-order valence-corrected chi connectivity index (χ4v) is 1.70. The third-order valence-electron chi connectivity index (χ3n) is 1.78. The normalized spacial score (nSPS) is 11.9. The van der Waals surface area contributed by atoms with Gasteiger partial charge in [0.1, 0.15) is 0 Å². The van der Waals surface area contributed by atoms with Gasteiger partial charge in [0.05, 0.1) is 0 Å². The zero-order chi connectivity index (χ0) is 13.2. The Hall–Kier alpha value is -1.12. The molecule has 0 amide bonds. The minimum atomic E-state index is -5.02. The number of hydrogen-bond donors (Lipinski definition) is 1. The van der Waals surface area contributed by atoms with Crippen molar-refractivity contribution < 1.29 is 26.7 Å². The molecule has 1 rings (SSSR count). The van der Waals surface area contributed by atoms with Gasteiger partial charge >= 0.3 is 6.36 Å². The summed E-state index contributed by atoms with van der Waals surface area (Å²) in [4.78, 5) is 3.25. The maximum Gasteiger partial charge on any atom is 0.573 e. The van der Waals surface area contributed by atoms with E-state index in [2.05, 4.69) is 25.7 Å². The molecule has 0 aliphatic rings. The maximum absolute atomic E-state index is 12.5. The van der Waals surface area contributed by atoms with Gasteiger partial charge < -0.3 is 10.5 Å². The highest BCUT2D eigenvalue weighted by Crippen LogP contribution is 2.37. The van der Waals surface area contributed by atoms with Crippen molar-refractivity contribution in [2.45, 2.75) is 18.1 Å². The highest BCUT2D eigenvalue weighted by atomic mass is 79.9. The van der Waals surface area contributed by atoms with Crippen LogP contribution < -0.4 is 10.5 Å². The lowest BCUT2D eigenvalue weighted by Gasteiger charge is -2.16. The van der Waals surface area contributed by atoms with E-state index < -0.39 is 29.9 Å². The SMILES string of the molecule is Nc1ncc(C(F)F)c(CBr)c1OC(F)(F)F. The molecule has 3 nitrogen and oxygen atoms in total. The van der Waals surface area contributed by atoms with Crippen molar-refractivity contribution in [3.05, 3.63) is 17.3 Å². The molecule has 96 valence electrons. The molecule has 0 aliphatic carbocycles. The average Bonchev–Trinajstić information content (AvgIpc) is 2.18. The second kappa shape index (κ2) is 5.03. The Morgan fingerprint density at radius 1 is 1.41 bits per heavy atom. The van der Waals surface area contributed by atoms with Gasteiger partial charge in [0, 0.05) is 22.7 Å². The van der Waals surface area contributed by atoms with E-state index in [0.717, 1.165) is 6.20 Å². The van der Waals surface area contributed by atoms with Crippen LogP contribution in [-0.4, -0.2) is 11.3 Å². The molecule has 0 spiro atoms. The molecule has 0 aliphatic heterocycles. The lowest BCUT2D eigenvalue weighted by Crippen LogP contribution is -2.20. The summed E-state index contributed by atoms with van der Waals surface area (Å²) in [6, 6.07) is 0. The Labute approximate surface area is 101 Å². The number of hydrogen-bond acceptors (Lipinski definition) is 3. The van der Waals surface area contributed by atoms with Crippen LogP contribution in [0.2, 0.25) is 0 Å². The van der Waals surface area contributed by atoms with Crippen LogP contribution in [0, 0.1) is 0 Å². The molecule has 2 N–H and O–H groups in total. The Bertz CT molecular complexity index is 410. The molecule has 17 heavy (non-hydrogen) atoms. The van der Waals surface area contributed by atoms with Gasteiger partial charge in [0.2, 0.25) is 0 Å². The lowest BCUT2D eigenvalue weighted by molar-refractivity contribution is -0.274. The van der Waals surface area contributed by atoms with Crippen LogP contribution in [0.15, 0.2) is 6.20 Å². The largest absolute Gasteiger partial charge is 0.573 e. The third-order valence-corrected chi connectivity index (χ3v) is 2.35. The van der Waals surface area contributed by atoms with Gasteiger partial charge in [0.15, 0.2) is 11.6 Å². The molecule has 9 heteroatoms. The topological polar surface area (TPSA) is 48.1 Å². The quantitative estimate of drug-likeness (QED) is 0.686. The monoisotopic (exact) mass is 320 g/mol. The van der Waals surface area contributed by atoms with Crippen LogP contribution in [0.5, 0.6) is 5.75 Å². The number of halogens is 6. The van der Waals surface area contributed by atoms with Crippen LogP contribution in [0.1, 0.15) is 17.6 Å². The van der Waals surface area contributed by atoms with Crippen LogP contribution in [0.25, 0.3) is 0 Å². The van der Waals surface area contributed by atoms with Crippen molar-refractivity contribution in [2.75, 3.05) is 5.73 Å². The first-order valence-corrected chi connectivity index (χ1v) is 5.25. The van der Waals surface area contributed by atoms with Crippen molar-refractivity contribution in [3.8, 4) is 5.75 Å². The predicted molar refractivity (Wildman–Crippen MR) is 52.9 cm³/mol. The lowest BCUT2D eigenvalue weighted by atomic mass is 10.1. The third kappa shape index (κ3) is 3.42. The number of aromatic nitrogens is 1. The molecule has 0 aromatic carbocycles. The molecular weight excluding hydrogens is 315 g/mol. The minimum Gasteiger partial charge on any atom is -0.401 e. The number of anilines is 1. The van der Waals surface area contributed by atoms with Gasteiger partial charge in [-0.1, -0.05) is 15.9 Å². The number of nitrogen functional groups attached to an aromatic ring is 1. The minimum absolute atomic E-state index is 0.259. The fourth-order valence-electron chi connectivity index (χ4n) is 1.12. The van der Waals surface area contributed by atoms with E-state index in [1.807, 2.05) is 0 Å². The molecule has 0 unspecified atom stereocenters. The average molecular weight is 321 g/mol. The fraction of sp³-hybridized carbons (Fsp3) is 0.375. The summed E-state index contributed by atoms with van der Waals surface area (Å²) in [6.45, 7) is 0. The molecule has 0 atom stereocenters. The molecule has 0 fully saturated rings. The molecule has 0 saturated heterocycles. The van der Waals surface area contributed by atoms with E-state index in [4.69, 9.17) is 5.73 Å². The van der Waals surface area contributed by atoms with E-state index in [0.29, 0.717) is 0 Å². The van der Waals surface area contributed by atoms with Crippen LogP contribution in [0.3, 0.4) is 0 Å². The van der Waals surface area contributed by atoms with E-state index >= 15 is 0 Å². The summed E-state index contributed by atoms with van der Waals surface area (Å²) in [5.74, 6) is -1.49. The van der Waals surface area contributed by atoms with Gasteiger partial charge in [0.25, 0.3) is 6.43 Å². The Kier molecular flexibility index (Phi) is 4.12. The van der Waals surface area contributed by atoms with Gasteiger partial charge in [-0.05, 0) is 0 Å². The van der Waals surface area contributed by atoms with Crippen molar-refractivity contribution in [2.24, 2.45) is 0 Å². The van der Waals surface area contributed by atoms with Gasteiger partial charge in [-0.15, -0.1) is 13.2 Å². The number of alkyl halides is 6. The Morgan fingerprint density at radius 3 is 2.41 bits per heavy atom. The molecule has 0 bridgehead atoms. The van der Waals surface area contributed by atoms with Crippen molar-refractivity contribution >= 4 is 21.7 Å². The van der Waals surface area contributed by atoms with E-state index in [-0.39, 0.29) is 10.9 Å². The molecule has 0 radical (unpaired) electrons. The van der Waals surface area contributed by atoms with Crippen LogP contribution in [0.4, 0.5) is 27.8 Å². The van der Waals surface area contributed by atoms with Gasteiger partial charge in [-0.2, -0.15) is 0 Å². The van der Waals surface area contributed by atoms with Gasteiger partial charge in [-0.25, -0.2) is 13.8 Å². The Balaban J connectivity index is 3.30. The summed E-state index contributed by atoms with van der Waals surface area (Å²) in [5.41, 5.74) is 4.14. The van der Waals surface area contributed by atoms with Crippen LogP contribution >= 0.6 is 15.9 Å². The van der Waals surface area contributed by atoms with E-state index in [1.165, 1.54) is 0 Å². The van der Waals surface area contributed by atoms with Crippen LogP contribution in [-0.2, 0) is 5.33 Å². The molecule has 1 heterocycles. The number of ether oxygens (including phenoxy) is 1. The van der Waals surface area contributed by atoms with Crippen molar-refractivity contribution in [1.82, 2.24) is 4.98 Å². The number of pyridine rings is 1. The summed E-state index contributed by atoms with van der Waals surface area (Å²) in [7, 11) is 0. The molecular formula is C8H6BrF5N2O. The molecule has 1 aromatic heterocycles. The zero-order valence-corrected chi connectivity index (χ0v) is 9.65. The number of nitrogens with zero attached hydrogens (tertiary/aromatic N) is 1. The van der Waals surface area contributed by atoms with E-state index in [9.17, 15) is 22.0 Å². The first kappa shape index (κ1) is 13.9. The Morgan fingerprint density at radius 2 is 2.00 bits per heavy atom. The summed E-state index contributed by atoms with van der Waals surface area (Å²) in [5, 5.41) is -0.259. The first-order chi connectivity index (χ1) is 7.76. The summed E-state index contributed by atoms with van der Waals surface area (Å²) >= 11 is 2.81. The number of nitrogens with two attached hydrogens (primary N) is 1. The van der Waals surface area contributed by atoms with E-state index in [1.54, 1.807) is 0 Å².